The minimum atomic E-state index is -1.84. The molecule has 0 bridgehead atoms. The summed E-state index contributed by atoms with van der Waals surface area (Å²) < 4.78 is 18.9. The van der Waals surface area contributed by atoms with Crippen molar-refractivity contribution in [3.63, 3.8) is 0 Å². The summed E-state index contributed by atoms with van der Waals surface area (Å²) in [5.74, 6) is -1.88. The van der Waals surface area contributed by atoms with Gasteiger partial charge in [-0.1, -0.05) is 44.2 Å². The molecule has 4 unspecified atom stereocenters. The van der Waals surface area contributed by atoms with Crippen molar-refractivity contribution in [1.29, 1.82) is 0 Å². The molecule has 37 heavy (non-hydrogen) atoms. The molecule has 1 saturated heterocycles. The van der Waals surface area contributed by atoms with E-state index in [1.807, 2.05) is 13.8 Å². The molecule has 2 aromatic carbocycles. The average molecular weight is 526 g/mol. The third-order valence-electron chi connectivity index (χ3n) is 6.56. The third kappa shape index (κ3) is 5.04. The molecule has 2 aromatic rings. The number of nitrogens with zero attached hydrogens (tertiary/aromatic N) is 2. The van der Waals surface area contributed by atoms with Crippen LogP contribution in [0.3, 0.4) is 0 Å². The van der Waals surface area contributed by atoms with Crippen LogP contribution in [-0.4, -0.2) is 43.2 Å². The Morgan fingerprint density at radius 2 is 1.78 bits per heavy atom. The topological polar surface area (TPSA) is 136 Å². The normalized spacial score (nSPS) is 20.2. The van der Waals surface area contributed by atoms with E-state index in [-0.39, 0.29) is 58.7 Å². The summed E-state index contributed by atoms with van der Waals surface area (Å²) in [4.78, 5) is 51.0. The molecule has 2 amide bonds. The molecule has 2 aliphatic rings. The van der Waals surface area contributed by atoms with Crippen LogP contribution in [0.1, 0.15) is 43.1 Å². The number of esters is 1. The Hall–Kier alpha value is -3.86. The van der Waals surface area contributed by atoms with E-state index < -0.39 is 33.0 Å². The maximum absolute atomic E-state index is 13.6. The van der Waals surface area contributed by atoms with Gasteiger partial charge in [0.15, 0.2) is 0 Å². The maximum Gasteiger partial charge on any atom is 0.356 e. The lowest BCUT2D eigenvalue weighted by Crippen LogP contribution is -2.60. The summed E-state index contributed by atoms with van der Waals surface area (Å²) in [6.07, 6.45) is 0.211. The van der Waals surface area contributed by atoms with Gasteiger partial charge in [-0.25, -0.2) is 4.79 Å². The largest absolute Gasteiger partial charge is 0.456 e. The highest BCUT2D eigenvalue weighted by molar-refractivity contribution is 7.89. The van der Waals surface area contributed by atoms with Gasteiger partial charge in [0.05, 0.1) is 38.2 Å². The van der Waals surface area contributed by atoms with Crippen LogP contribution in [0.15, 0.2) is 65.2 Å². The maximum atomic E-state index is 13.6. The second kappa shape index (κ2) is 10.6. The molecule has 1 fully saturated rings. The first-order chi connectivity index (χ1) is 17.6. The van der Waals surface area contributed by atoms with E-state index in [2.05, 4.69) is 5.32 Å². The van der Waals surface area contributed by atoms with Crippen LogP contribution in [0.5, 0.6) is 0 Å². The number of β-lactam (4-membered cyclic amide) rings is 1. The number of para-hydroxylation sites is 1. The molecule has 194 valence electrons. The van der Waals surface area contributed by atoms with Crippen LogP contribution >= 0.6 is 0 Å². The predicted octanol–water partition coefficient (Wildman–Crippen LogP) is 3.26. The fourth-order valence-electron chi connectivity index (χ4n) is 4.75. The van der Waals surface area contributed by atoms with Crippen LogP contribution < -0.4 is 5.32 Å². The molecule has 0 aliphatic carbocycles. The monoisotopic (exact) mass is 525 g/mol. The summed E-state index contributed by atoms with van der Waals surface area (Å²) in [5.41, 5.74) is 0.283. The molecule has 11 heteroatoms. The summed E-state index contributed by atoms with van der Waals surface area (Å²) in [6.45, 7) is 4.99. The number of nitrogens with one attached hydrogen (secondary N) is 1. The highest BCUT2D eigenvalue weighted by Crippen LogP contribution is 2.46. The summed E-state index contributed by atoms with van der Waals surface area (Å²) in [7, 11) is -1.84. The lowest BCUT2D eigenvalue weighted by Gasteiger charge is -2.45. The van der Waals surface area contributed by atoms with E-state index >= 15 is 0 Å². The number of rotatable bonds is 9. The Morgan fingerprint density at radius 3 is 2.43 bits per heavy atom. The van der Waals surface area contributed by atoms with Gasteiger partial charge in [-0.3, -0.25) is 23.9 Å². The van der Waals surface area contributed by atoms with E-state index in [4.69, 9.17) is 4.74 Å². The van der Waals surface area contributed by atoms with Crippen molar-refractivity contribution in [2.45, 2.75) is 45.2 Å². The van der Waals surface area contributed by atoms with Gasteiger partial charge in [0.25, 0.3) is 11.6 Å². The summed E-state index contributed by atoms with van der Waals surface area (Å²) in [5, 5.41) is 13.2. The number of nitro groups is 1. The zero-order chi connectivity index (χ0) is 26.9. The molecule has 1 N–H and O–H groups in total. The number of carbonyl (C=O) groups excluding carboxylic acids is 3. The molecule has 0 aromatic heterocycles. The van der Waals surface area contributed by atoms with Gasteiger partial charge in [-0.2, -0.15) is 0 Å². The molecule has 4 atom stereocenters. The Kier molecular flexibility index (Phi) is 7.53. The molecule has 0 radical (unpaired) electrons. The third-order valence-corrected chi connectivity index (χ3v) is 8.17. The fourth-order valence-corrected chi connectivity index (χ4v) is 6.10. The van der Waals surface area contributed by atoms with Crippen LogP contribution in [0, 0.1) is 22.0 Å². The minimum absolute atomic E-state index is 0.0148. The molecular weight excluding hydrogens is 498 g/mol. The molecule has 2 heterocycles. The first-order valence-corrected chi connectivity index (χ1v) is 13.0. The van der Waals surface area contributed by atoms with E-state index in [0.29, 0.717) is 5.56 Å². The predicted molar refractivity (Wildman–Crippen MR) is 135 cm³/mol. The van der Waals surface area contributed by atoms with Crippen molar-refractivity contribution in [2.24, 2.45) is 11.8 Å². The number of ether oxygens (including phenoxy) is 1. The van der Waals surface area contributed by atoms with Crippen molar-refractivity contribution in [1.82, 2.24) is 10.2 Å². The van der Waals surface area contributed by atoms with Crippen molar-refractivity contribution < 1.29 is 28.3 Å². The Balaban J connectivity index is 1.58. The zero-order valence-electron chi connectivity index (χ0n) is 20.6. The highest BCUT2D eigenvalue weighted by Gasteiger charge is 2.57. The van der Waals surface area contributed by atoms with E-state index in [9.17, 15) is 28.7 Å². The standard InChI is InChI=1S/C26H27N3O7S/c1-15(2)22-20-13-21(37(35)16(3)27-24(30)17-9-5-4-6-10-17)23(28(20)25(22)31)26(32)36-14-18-11-7-8-12-19(18)29(33)34/h4-12,15-16,20,22H,13-14H2,1-3H3,(H,27,30). The smallest absolute Gasteiger partial charge is 0.356 e. The minimum Gasteiger partial charge on any atom is -0.456 e. The second-order valence-electron chi connectivity index (χ2n) is 9.26. The number of carbonyl (C=O) groups is 3. The molecule has 0 spiro atoms. The lowest BCUT2D eigenvalue weighted by atomic mass is 9.79. The van der Waals surface area contributed by atoms with E-state index in [1.165, 1.54) is 23.1 Å². The Morgan fingerprint density at radius 1 is 1.14 bits per heavy atom. The van der Waals surface area contributed by atoms with Crippen LogP contribution in [0.2, 0.25) is 0 Å². The van der Waals surface area contributed by atoms with Crippen molar-refractivity contribution in [3.8, 4) is 0 Å². The first-order valence-electron chi connectivity index (χ1n) is 11.8. The fraction of sp³-hybridized carbons (Fsp3) is 0.346. The van der Waals surface area contributed by atoms with E-state index in [1.54, 1.807) is 43.3 Å². The van der Waals surface area contributed by atoms with Crippen LogP contribution in [-0.2, 0) is 31.7 Å². The van der Waals surface area contributed by atoms with Crippen molar-refractivity contribution >= 4 is 34.3 Å². The van der Waals surface area contributed by atoms with E-state index in [0.717, 1.165) is 0 Å². The van der Waals surface area contributed by atoms with Crippen LogP contribution in [0.4, 0.5) is 5.69 Å². The zero-order valence-corrected chi connectivity index (χ0v) is 21.4. The number of nitro benzene ring substituents is 1. The van der Waals surface area contributed by atoms with Gasteiger partial charge in [0.1, 0.15) is 17.7 Å². The Bertz CT molecular complexity index is 1310. The number of benzene rings is 2. The lowest BCUT2D eigenvalue weighted by molar-refractivity contribution is -0.385. The Labute approximate surface area is 216 Å². The number of hydrogen-bond donors (Lipinski definition) is 1. The van der Waals surface area contributed by atoms with Gasteiger partial charge >= 0.3 is 5.97 Å². The quantitative estimate of drug-likeness (QED) is 0.230. The van der Waals surface area contributed by atoms with Crippen molar-refractivity contribution in [2.75, 3.05) is 0 Å². The molecule has 4 rings (SSSR count). The van der Waals surface area contributed by atoms with Gasteiger partial charge in [0, 0.05) is 18.1 Å². The van der Waals surface area contributed by atoms with Gasteiger partial charge in [-0.15, -0.1) is 0 Å². The van der Waals surface area contributed by atoms with Gasteiger partial charge in [0.2, 0.25) is 5.91 Å². The van der Waals surface area contributed by atoms with Gasteiger partial charge in [-0.05, 0) is 31.0 Å². The molecular formula is C26H27N3O7S. The number of amides is 2. The summed E-state index contributed by atoms with van der Waals surface area (Å²) >= 11 is 0. The highest BCUT2D eigenvalue weighted by atomic mass is 32.2. The number of hydrogen-bond acceptors (Lipinski definition) is 7. The van der Waals surface area contributed by atoms with Crippen molar-refractivity contribution in [3.05, 3.63) is 86.4 Å². The molecule has 10 nitrogen and oxygen atoms in total. The molecule has 0 saturated carbocycles. The average Bonchev–Trinajstić information content (AvgIpc) is 3.22. The first kappa shape index (κ1) is 26.2. The van der Waals surface area contributed by atoms with Gasteiger partial charge < -0.3 is 15.0 Å². The second-order valence-corrected chi connectivity index (χ2v) is 11.1. The number of fused-ring (bicyclic) bond motifs is 1. The summed E-state index contributed by atoms with van der Waals surface area (Å²) in [6, 6.07) is 14.0. The van der Waals surface area contributed by atoms with Crippen LogP contribution in [0.25, 0.3) is 0 Å². The SMILES string of the molecule is CC(C)C1C(=O)N2C(C(=O)OCc3ccccc3[N+](=O)[O-])=C(S(=O)C(C)NC(=O)c3ccccc3)CC12. The molecule has 2 aliphatic heterocycles.